The summed E-state index contributed by atoms with van der Waals surface area (Å²) < 4.78 is 49.8. The van der Waals surface area contributed by atoms with Gasteiger partial charge in [-0.25, -0.2) is 4.39 Å². The number of fused-ring (bicyclic) bond motifs is 1. The van der Waals surface area contributed by atoms with Gasteiger partial charge in [0, 0.05) is 62.2 Å². The van der Waals surface area contributed by atoms with Gasteiger partial charge in [-0.15, -0.1) is 11.3 Å². The van der Waals surface area contributed by atoms with E-state index in [2.05, 4.69) is 0 Å². The lowest BCUT2D eigenvalue weighted by molar-refractivity contribution is -0.254. The first-order valence-corrected chi connectivity index (χ1v) is 14.4. The van der Waals surface area contributed by atoms with Crippen molar-refractivity contribution in [3.63, 3.8) is 0 Å². The lowest BCUT2D eigenvalue weighted by Gasteiger charge is -2.44. The molecule has 4 unspecified atom stereocenters. The normalized spacial score (nSPS) is 21.3. The number of ether oxygens (including phenoxy) is 6. The molecule has 234 valence electrons. The van der Waals surface area contributed by atoms with E-state index >= 15 is 4.39 Å². The van der Waals surface area contributed by atoms with Crippen LogP contribution in [0.2, 0.25) is 0 Å². The van der Waals surface area contributed by atoms with E-state index in [0.29, 0.717) is 0 Å². The van der Waals surface area contributed by atoms with E-state index < -0.39 is 72.8 Å². The third kappa shape index (κ3) is 7.97. The van der Waals surface area contributed by atoms with Crippen molar-refractivity contribution < 1.29 is 56.8 Å². The van der Waals surface area contributed by atoms with Crippen molar-refractivity contribution >= 4 is 51.3 Å². The first kappa shape index (κ1) is 32.6. The molecule has 0 N–H and O–H groups in total. The molecule has 4 rings (SSSR count). The Morgan fingerprint density at radius 3 is 2.05 bits per heavy atom. The molecule has 0 amide bonds. The number of halogens is 1. The molecule has 1 saturated heterocycles. The molecule has 0 saturated carbocycles. The summed E-state index contributed by atoms with van der Waals surface area (Å²) in [7, 11) is 0. The van der Waals surface area contributed by atoms with Gasteiger partial charge in [-0.3, -0.25) is 24.0 Å². The maximum atomic E-state index is 15.5. The van der Waals surface area contributed by atoms with Crippen LogP contribution in [0.3, 0.4) is 0 Å². The second kappa shape index (κ2) is 14.0. The van der Waals surface area contributed by atoms with Gasteiger partial charge in [0.15, 0.2) is 18.3 Å². The van der Waals surface area contributed by atoms with E-state index in [0.717, 1.165) is 55.6 Å². The number of rotatable bonds is 9. The minimum absolute atomic E-state index is 0.0789. The predicted molar refractivity (Wildman–Crippen MR) is 153 cm³/mol. The van der Waals surface area contributed by atoms with E-state index in [1.54, 1.807) is 0 Å². The van der Waals surface area contributed by atoms with Crippen LogP contribution in [0, 0.1) is 5.82 Å². The fraction of sp³-hybridized carbons (Fsp3) is 0.387. The molecule has 0 aliphatic carbocycles. The lowest BCUT2D eigenvalue weighted by Crippen LogP contribution is -2.59. The van der Waals surface area contributed by atoms with Crippen LogP contribution < -0.4 is 4.74 Å². The first-order chi connectivity index (χ1) is 20.8. The maximum Gasteiger partial charge on any atom is 0.308 e. The Morgan fingerprint density at radius 2 is 1.43 bits per heavy atom. The molecule has 11 nitrogen and oxygen atoms in total. The molecule has 1 aliphatic rings. The smallest absolute Gasteiger partial charge is 0.308 e. The number of thiophene rings is 1. The maximum absolute atomic E-state index is 15.5. The minimum Gasteiger partial charge on any atom is -0.463 e. The van der Waals surface area contributed by atoms with Gasteiger partial charge in [0.2, 0.25) is 0 Å². The Labute approximate surface area is 256 Å². The summed E-state index contributed by atoms with van der Waals surface area (Å²) in [6, 6.07) is 12.1. The number of hydrogen-bond acceptors (Lipinski definition) is 12. The molecule has 1 fully saturated rings. The summed E-state index contributed by atoms with van der Waals surface area (Å²) in [5.74, 6) is -4.75. The van der Waals surface area contributed by atoms with Crippen molar-refractivity contribution in [3.05, 3.63) is 64.3 Å². The second-order valence-electron chi connectivity index (χ2n) is 10.1. The number of benzene rings is 2. The van der Waals surface area contributed by atoms with Crippen molar-refractivity contribution in [2.24, 2.45) is 0 Å². The molecular weight excluding hydrogens is 599 g/mol. The fourth-order valence-corrected chi connectivity index (χ4v) is 6.10. The molecule has 2 aromatic carbocycles. The van der Waals surface area contributed by atoms with Crippen molar-refractivity contribution in [1.82, 2.24) is 0 Å². The Bertz CT molecular complexity index is 1550. The monoisotopic (exact) mass is 630 g/mol. The highest BCUT2D eigenvalue weighted by Crippen LogP contribution is 2.42. The highest BCUT2D eigenvalue weighted by atomic mass is 32.1. The van der Waals surface area contributed by atoms with E-state index in [9.17, 15) is 24.0 Å². The summed E-state index contributed by atoms with van der Waals surface area (Å²) in [6.45, 7) is 5.16. The van der Waals surface area contributed by atoms with Crippen LogP contribution in [-0.2, 0) is 54.1 Å². The van der Waals surface area contributed by atoms with E-state index in [4.69, 9.17) is 28.4 Å². The molecule has 44 heavy (non-hydrogen) atoms. The van der Waals surface area contributed by atoms with Gasteiger partial charge in [-0.1, -0.05) is 18.2 Å². The number of carbonyl (C=O) groups is 5. The van der Waals surface area contributed by atoms with E-state index in [1.807, 2.05) is 30.3 Å². The standard InChI is InChI=1S/C31H31FO11S/c1-15(33)38-14-26-29(40-17(3)35)31(42-19(5)37)30(41-18(4)36)28(43-26)23-12-21(24(32)13-25(23)39-16(2)34)11-22-10-20-8-6-7-9-27(20)44-22/h6-10,12-13,26,28-31H,11,14H2,1-5H3/t26?,28?,29-,30?,31?/m0/s1. The van der Waals surface area contributed by atoms with Gasteiger partial charge in [0.05, 0.1) is 0 Å². The highest BCUT2D eigenvalue weighted by molar-refractivity contribution is 7.19. The van der Waals surface area contributed by atoms with Crippen molar-refractivity contribution in [1.29, 1.82) is 0 Å². The molecule has 2 heterocycles. The van der Waals surface area contributed by atoms with E-state index in [-0.39, 0.29) is 23.3 Å². The summed E-state index contributed by atoms with van der Waals surface area (Å²) >= 11 is 1.48. The third-order valence-corrected chi connectivity index (χ3v) is 7.69. The minimum atomic E-state index is -1.47. The molecule has 0 spiro atoms. The summed E-state index contributed by atoms with van der Waals surface area (Å²) in [5, 5.41) is 0.990. The topological polar surface area (TPSA) is 141 Å². The molecule has 1 aromatic heterocycles. The number of hydrogen-bond donors (Lipinski definition) is 0. The van der Waals surface area contributed by atoms with Crippen LogP contribution in [0.25, 0.3) is 10.1 Å². The van der Waals surface area contributed by atoms with Gasteiger partial charge < -0.3 is 28.4 Å². The van der Waals surface area contributed by atoms with Gasteiger partial charge in [-0.2, -0.15) is 0 Å². The molecule has 13 heteroatoms. The molecule has 1 aliphatic heterocycles. The van der Waals surface area contributed by atoms with Crippen LogP contribution in [0.5, 0.6) is 5.75 Å². The Kier molecular flexibility index (Phi) is 10.3. The fourth-order valence-electron chi connectivity index (χ4n) is 5.01. The first-order valence-electron chi connectivity index (χ1n) is 13.6. The van der Waals surface area contributed by atoms with Crippen molar-refractivity contribution in [3.8, 4) is 5.75 Å². The quantitative estimate of drug-likeness (QED) is 0.189. The van der Waals surface area contributed by atoms with Crippen LogP contribution >= 0.6 is 11.3 Å². The summed E-state index contributed by atoms with van der Waals surface area (Å²) in [5.41, 5.74) is 0.283. The van der Waals surface area contributed by atoms with Crippen molar-refractivity contribution in [2.75, 3.05) is 6.61 Å². The molecular formula is C31H31FO11S. The Hall–Kier alpha value is -4.36. The highest BCUT2D eigenvalue weighted by Gasteiger charge is 2.53. The zero-order chi connectivity index (χ0) is 32.1. The third-order valence-electron chi connectivity index (χ3n) is 6.57. The van der Waals surface area contributed by atoms with Gasteiger partial charge in [0.25, 0.3) is 0 Å². The zero-order valence-corrected chi connectivity index (χ0v) is 25.4. The van der Waals surface area contributed by atoms with Crippen LogP contribution in [0.4, 0.5) is 4.39 Å². The van der Waals surface area contributed by atoms with Crippen LogP contribution in [0.15, 0.2) is 42.5 Å². The van der Waals surface area contributed by atoms with E-state index in [1.165, 1.54) is 17.4 Å². The molecule has 5 atom stereocenters. The predicted octanol–water partition coefficient (Wildman–Crippen LogP) is 4.35. The summed E-state index contributed by atoms with van der Waals surface area (Å²) in [6.07, 6.45) is -6.76. The van der Waals surface area contributed by atoms with Crippen molar-refractivity contribution in [2.45, 2.75) is 71.6 Å². The average molecular weight is 631 g/mol. The Balaban J connectivity index is 1.86. The van der Waals surface area contributed by atoms with Crippen LogP contribution in [-0.4, -0.2) is 60.9 Å². The average Bonchev–Trinajstić information content (AvgIpc) is 3.33. The Morgan fingerprint density at radius 1 is 0.795 bits per heavy atom. The largest absolute Gasteiger partial charge is 0.463 e. The number of carbonyl (C=O) groups excluding carboxylic acids is 5. The SMILES string of the molecule is CC(=O)OCC1OC(c2cc(Cc3cc4ccccc4s3)c(F)cc2OC(C)=O)C(OC(C)=O)C(OC(C)=O)[C@H]1OC(C)=O. The second-order valence-corrected chi connectivity index (χ2v) is 11.3. The van der Waals surface area contributed by atoms with Gasteiger partial charge >= 0.3 is 29.8 Å². The molecule has 0 bridgehead atoms. The van der Waals surface area contributed by atoms with Gasteiger partial charge in [0.1, 0.15) is 30.4 Å². The number of esters is 5. The zero-order valence-electron chi connectivity index (χ0n) is 24.6. The van der Waals surface area contributed by atoms with Crippen LogP contribution in [0.1, 0.15) is 56.7 Å². The molecule has 3 aromatic rings. The van der Waals surface area contributed by atoms with Gasteiger partial charge in [-0.05, 0) is 29.1 Å². The molecule has 0 radical (unpaired) electrons. The summed E-state index contributed by atoms with van der Waals surface area (Å²) in [4.78, 5) is 61.2. The lowest BCUT2D eigenvalue weighted by atomic mass is 9.89.